The van der Waals surface area contributed by atoms with E-state index >= 15 is 0 Å². The van der Waals surface area contributed by atoms with E-state index in [1.54, 1.807) is 23.6 Å². The number of nitrogens with one attached hydrogen (secondary N) is 1. The highest BCUT2D eigenvalue weighted by Gasteiger charge is 2.46. The van der Waals surface area contributed by atoms with Crippen LogP contribution in [0.3, 0.4) is 0 Å². The lowest BCUT2D eigenvalue weighted by atomic mass is 9.80. The van der Waals surface area contributed by atoms with Gasteiger partial charge in [-0.1, -0.05) is 63.9 Å². The van der Waals surface area contributed by atoms with Crippen molar-refractivity contribution in [3.8, 4) is 0 Å². The molecule has 2 aromatic heterocycles. The molecule has 0 fully saturated rings. The van der Waals surface area contributed by atoms with E-state index in [-0.39, 0.29) is 34.2 Å². The number of sulfone groups is 1. The molecule has 3 aromatic rings. The number of hydrogen-bond acceptors (Lipinski definition) is 8. The summed E-state index contributed by atoms with van der Waals surface area (Å²) in [5, 5.41) is 13.2. The van der Waals surface area contributed by atoms with Gasteiger partial charge in [0.05, 0.1) is 5.69 Å². The highest BCUT2D eigenvalue weighted by atomic mass is 32.2. The summed E-state index contributed by atoms with van der Waals surface area (Å²) in [6.07, 6.45) is 4.70. The Hall–Kier alpha value is -2.82. The zero-order valence-electron chi connectivity index (χ0n) is 20.2. The molecule has 35 heavy (non-hydrogen) atoms. The number of aliphatic carboxylic acids is 1. The number of pyridine rings is 1. The molecule has 1 atom stereocenters. The predicted molar refractivity (Wildman–Crippen MR) is 138 cm³/mol. The molecule has 2 heterocycles. The fourth-order valence-corrected chi connectivity index (χ4v) is 6.63. The standard InChI is InChI=1S/C25H32N4O4S2/c1-4-5-13-24(2,3)19-11-9-18(10-12-19)16-25(26,35(32,33)23-27-14-15-34-23)20-7-6-8-21(29-20)28-17-22(30)31/h6-12,14-15H,4-5,13,16-17,26H2,1-3H3,(H,28,29)(H,30,31). The Bertz CT molecular complexity index is 1240. The summed E-state index contributed by atoms with van der Waals surface area (Å²) in [4.78, 5) is 17.4. The number of carboxylic acid groups (broad SMARTS) is 1. The summed E-state index contributed by atoms with van der Waals surface area (Å²) in [7, 11) is -4.13. The molecule has 0 aliphatic rings. The molecule has 0 aliphatic carbocycles. The molecule has 0 saturated carbocycles. The number of benzene rings is 1. The molecule has 0 bridgehead atoms. The quantitative estimate of drug-likeness (QED) is 0.324. The molecule has 10 heteroatoms. The minimum absolute atomic E-state index is 0.00695. The number of anilines is 1. The van der Waals surface area contributed by atoms with Gasteiger partial charge in [-0.15, -0.1) is 11.3 Å². The molecular weight excluding hydrogens is 484 g/mol. The summed E-state index contributed by atoms with van der Waals surface area (Å²) in [6.45, 7) is 6.22. The first-order chi connectivity index (χ1) is 16.5. The van der Waals surface area contributed by atoms with Gasteiger partial charge in [-0.05, 0) is 35.1 Å². The van der Waals surface area contributed by atoms with Crippen LogP contribution in [-0.4, -0.2) is 36.0 Å². The first-order valence-corrected chi connectivity index (χ1v) is 13.8. The molecule has 0 saturated heterocycles. The monoisotopic (exact) mass is 516 g/mol. The first kappa shape index (κ1) is 26.8. The van der Waals surface area contributed by atoms with Crippen molar-refractivity contribution in [2.24, 2.45) is 5.73 Å². The summed E-state index contributed by atoms with van der Waals surface area (Å²) >= 11 is 0.994. The number of unbranched alkanes of at least 4 members (excludes halogenated alkanes) is 1. The van der Waals surface area contributed by atoms with Gasteiger partial charge in [-0.25, -0.2) is 18.4 Å². The van der Waals surface area contributed by atoms with Crippen LogP contribution >= 0.6 is 11.3 Å². The third kappa shape index (κ3) is 6.06. The maximum atomic E-state index is 13.7. The van der Waals surface area contributed by atoms with Crippen LogP contribution in [0.4, 0.5) is 5.82 Å². The van der Waals surface area contributed by atoms with Crippen LogP contribution in [-0.2, 0) is 31.3 Å². The van der Waals surface area contributed by atoms with Gasteiger partial charge in [-0.3, -0.25) is 4.79 Å². The van der Waals surface area contributed by atoms with Crippen molar-refractivity contribution in [2.45, 2.75) is 61.1 Å². The minimum Gasteiger partial charge on any atom is -0.480 e. The van der Waals surface area contributed by atoms with E-state index in [1.807, 2.05) is 24.3 Å². The number of carbonyl (C=O) groups is 1. The largest absolute Gasteiger partial charge is 0.480 e. The van der Waals surface area contributed by atoms with Crippen molar-refractivity contribution in [3.05, 3.63) is 70.9 Å². The van der Waals surface area contributed by atoms with E-state index < -0.39 is 20.7 Å². The smallest absolute Gasteiger partial charge is 0.322 e. The number of thiazole rings is 1. The predicted octanol–water partition coefficient (Wildman–Crippen LogP) is 4.33. The van der Waals surface area contributed by atoms with E-state index in [0.717, 1.165) is 36.2 Å². The zero-order chi connectivity index (χ0) is 25.7. The van der Waals surface area contributed by atoms with Gasteiger partial charge in [0.1, 0.15) is 12.4 Å². The lowest BCUT2D eigenvalue weighted by Gasteiger charge is -2.29. The molecule has 0 amide bonds. The second kappa shape index (κ2) is 10.8. The summed E-state index contributed by atoms with van der Waals surface area (Å²) < 4.78 is 27.3. The van der Waals surface area contributed by atoms with Gasteiger partial charge in [0.25, 0.3) is 0 Å². The van der Waals surface area contributed by atoms with Gasteiger partial charge >= 0.3 is 5.97 Å². The number of hydrogen-bond donors (Lipinski definition) is 3. The van der Waals surface area contributed by atoms with E-state index in [4.69, 9.17) is 10.8 Å². The Labute approximate surface area is 210 Å². The molecule has 8 nitrogen and oxygen atoms in total. The van der Waals surface area contributed by atoms with Crippen molar-refractivity contribution in [3.63, 3.8) is 0 Å². The van der Waals surface area contributed by atoms with Gasteiger partial charge < -0.3 is 16.2 Å². The zero-order valence-corrected chi connectivity index (χ0v) is 21.8. The molecule has 0 radical (unpaired) electrons. The Morgan fingerprint density at radius 1 is 1.17 bits per heavy atom. The summed E-state index contributed by atoms with van der Waals surface area (Å²) in [5.74, 6) is -0.837. The Kier molecular flexibility index (Phi) is 8.30. The maximum absolute atomic E-state index is 13.7. The first-order valence-electron chi connectivity index (χ1n) is 11.5. The Balaban J connectivity index is 2.01. The van der Waals surface area contributed by atoms with Gasteiger partial charge in [-0.2, -0.15) is 0 Å². The SMILES string of the molecule is CCCCC(C)(C)c1ccc(CC(N)(c2cccc(NCC(=O)O)n2)S(=O)(=O)c2nccs2)cc1. The van der Waals surface area contributed by atoms with Crippen LogP contribution in [0.15, 0.2) is 58.4 Å². The second-order valence-corrected chi connectivity index (χ2v) is 12.5. The van der Waals surface area contributed by atoms with Gasteiger partial charge in [0.15, 0.2) is 4.87 Å². The van der Waals surface area contributed by atoms with Crippen molar-refractivity contribution in [1.82, 2.24) is 9.97 Å². The van der Waals surface area contributed by atoms with Crippen LogP contribution in [0.25, 0.3) is 0 Å². The van der Waals surface area contributed by atoms with Crippen molar-refractivity contribution >= 4 is 33.0 Å². The average molecular weight is 517 g/mol. The number of rotatable bonds is 12. The molecule has 1 unspecified atom stereocenters. The van der Waals surface area contributed by atoms with Crippen LogP contribution < -0.4 is 11.1 Å². The van der Waals surface area contributed by atoms with Crippen LogP contribution in [0, 0.1) is 0 Å². The van der Waals surface area contributed by atoms with Crippen molar-refractivity contribution < 1.29 is 18.3 Å². The topological polar surface area (TPSA) is 135 Å². The molecule has 188 valence electrons. The number of nitrogens with zero attached hydrogens (tertiary/aromatic N) is 2. The fraction of sp³-hybridized carbons (Fsp3) is 0.400. The fourth-order valence-electron chi connectivity index (χ4n) is 3.90. The number of aromatic nitrogens is 2. The van der Waals surface area contributed by atoms with Crippen LogP contribution in [0.1, 0.15) is 56.9 Å². The highest BCUT2D eigenvalue weighted by Crippen LogP contribution is 2.36. The number of nitrogens with two attached hydrogens (primary N) is 1. The van der Waals surface area contributed by atoms with E-state index in [2.05, 4.69) is 36.1 Å². The highest BCUT2D eigenvalue weighted by molar-refractivity contribution is 7.94. The molecule has 4 N–H and O–H groups in total. The van der Waals surface area contributed by atoms with Crippen LogP contribution in [0.2, 0.25) is 0 Å². The van der Waals surface area contributed by atoms with E-state index in [0.29, 0.717) is 0 Å². The molecule has 0 aliphatic heterocycles. The minimum atomic E-state index is -4.13. The average Bonchev–Trinajstić information content (AvgIpc) is 3.38. The maximum Gasteiger partial charge on any atom is 0.322 e. The third-order valence-electron chi connectivity index (χ3n) is 6.08. The Morgan fingerprint density at radius 3 is 2.49 bits per heavy atom. The summed E-state index contributed by atoms with van der Waals surface area (Å²) in [6, 6.07) is 12.6. The lowest BCUT2D eigenvalue weighted by Crippen LogP contribution is -2.47. The molecule has 1 aromatic carbocycles. The number of carboxylic acids is 1. The lowest BCUT2D eigenvalue weighted by molar-refractivity contribution is -0.134. The van der Waals surface area contributed by atoms with E-state index in [9.17, 15) is 13.2 Å². The summed E-state index contributed by atoms with van der Waals surface area (Å²) in [5.41, 5.74) is 8.74. The van der Waals surface area contributed by atoms with Gasteiger partial charge in [0.2, 0.25) is 14.2 Å². The van der Waals surface area contributed by atoms with Crippen molar-refractivity contribution in [2.75, 3.05) is 11.9 Å². The Morgan fingerprint density at radius 2 is 1.89 bits per heavy atom. The normalized spacial score (nSPS) is 13.8. The van der Waals surface area contributed by atoms with E-state index in [1.165, 1.54) is 11.8 Å². The molecular formula is C25H32N4O4S2. The third-order valence-corrected chi connectivity index (χ3v) is 9.47. The van der Waals surface area contributed by atoms with Gasteiger partial charge in [0, 0.05) is 18.0 Å². The molecule has 3 rings (SSSR count). The molecule has 0 spiro atoms. The second-order valence-electron chi connectivity index (χ2n) is 9.21. The van der Waals surface area contributed by atoms with Crippen molar-refractivity contribution in [1.29, 1.82) is 0 Å². The van der Waals surface area contributed by atoms with Crippen LogP contribution in [0.5, 0.6) is 0 Å².